The van der Waals surface area contributed by atoms with Crippen molar-refractivity contribution in [2.75, 3.05) is 13.7 Å². The Hall–Kier alpha value is -3.96. The van der Waals surface area contributed by atoms with Crippen LogP contribution in [0.4, 0.5) is 5.69 Å². The second-order valence-corrected chi connectivity index (χ2v) is 11.4. The number of carbonyl (C=O) groups is 1. The quantitative estimate of drug-likeness (QED) is 0.185. The Balaban J connectivity index is 1.24. The van der Waals surface area contributed by atoms with Crippen molar-refractivity contribution in [2.45, 2.75) is 58.5 Å². The highest BCUT2D eigenvalue weighted by Crippen LogP contribution is 2.32. The third kappa shape index (κ3) is 5.98. The third-order valence-electron chi connectivity index (χ3n) is 7.90. The topological polar surface area (TPSA) is 121 Å². The molecule has 0 bridgehead atoms. The number of amides is 1. The van der Waals surface area contributed by atoms with Crippen molar-refractivity contribution in [3.63, 3.8) is 0 Å². The van der Waals surface area contributed by atoms with E-state index in [0.29, 0.717) is 34.4 Å². The molecule has 0 radical (unpaired) electrons. The molecule has 1 amide bonds. The molecule has 4 aromatic rings. The third-order valence-corrected chi connectivity index (χ3v) is 8.63. The number of non-ortho nitro benzene ring substituents is 1. The van der Waals surface area contributed by atoms with Crippen molar-refractivity contribution in [3.05, 3.63) is 91.0 Å². The van der Waals surface area contributed by atoms with Crippen LogP contribution in [0.15, 0.2) is 42.6 Å². The van der Waals surface area contributed by atoms with Gasteiger partial charge in [-0.1, -0.05) is 28.4 Å². The molecule has 0 spiro atoms. The van der Waals surface area contributed by atoms with Gasteiger partial charge in [0, 0.05) is 53.7 Å². The van der Waals surface area contributed by atoms with Crippen LogP contribution >= 0.6 is 23.2 Å². The van der Waals surface area contributed by atoms with E-state index in [1.807, 2.05) is 31.0 Å². The second-order valence-electron chi connectivity index (χ2n) is 10.6. The van der Waals surface area contributed by atoms with Crippen LogP contribution in [0.5, 0.6) is 5.75 Å². The summed E-state index contributed by atoms with van der Waals surface area (Å²) in [5.41, 5.74) is 4.85. The smallest absolute Gasteiger partial charge is 0.270 e. The summed E-state index contributed by atoms with van der Waals surface area (Å²) < 4.78 is 8.83. The molecule has 0 N–H and O–H groups in total. The molecule has 220 valence electrons. The molecule has 5 rings (SSSR count). The predicted molar refractivity (Wildman–Crippen MR) is 159 cm³/mol. The molecule has 0 saturated carbocycles. The first-order valence-corrected chi connectivity index (χ1v) is 14.3. The second kappa shape index (κ2) is 12.1. The summed E-state index contributed by atoms with van der Waals surface area (Å²) in [6.07, 6.45) is 3.65. The van der Waals surface area contributed by atoms with E-state index in [-0.39, 0.29) is 30.0 Å². The Morgan fingerprint density at radius 2 is 1.95 bits per heavy atom. The first-order chi connectivity index (χ1) is 20.0. The highest BCUT2D eigenvalue weighted by molar-refractivity contribution is 6.42. The van der Waals surface area contributed by atoms with E-state index in [0.717, 1.165) is 41.2 Å². The van der Waals surface area contributed by atoms with Crippen molar-refractivity contribution in [3.8, 4) is 11.4 Å². The van der Waals surface area contributed by atoms with Gasteiger partial charge in [-0.05, 0) is 57.9 Å². The number of nitrogens with zero attached hydrogens (tertiary/aromatic N) is 7. The van der Waals surface area contributed by atoms with Crippen LogP contribution in [0.25, 0.3) is 5.69 Å². The number of nitro benzene ring substituents is 1. The van der Waals surface area contributed by atoms with Gasteiger partial charge in [-0.3, -0.25) is 14.9 Å². The summed E-state index contributed by atoms with van der Waals surface area (Å²) in [7, 11) is 1.53. The van der Waals surface area contributed by atoms with Gasteiger partial charge in [0.05, 0.1) is 52.1 Å². The lowest BCUT2D eigenvalue weighted by molar-refractivity contribution is -0.384. The van der Waals surface area contributed by atoms with Gasteiger partial charge in [0.15, 0.2) is 0 Å². The van der Waals surface area contributed by atoms with E-state index < -0.39 is 4.92 Å². The average molecular weight is 613 g/mol. The molecule has 3 heterocycles. The van der Waals surface area contributed by atoms with Gasteiger partial charge in [-0.25, -0.2) is 9.36 Å². The molecule has 2 aromatic carbocycles. The lowest BCUT2D eigenvalue weighted by Gasteiger charge is -2.37. The number of hydrogen-bond acceptors (Lipinski definition) is 7. The number of carbonyl (C=O) groups excluding carboxylic acids is 1. The average Bonchev–Trinajstić information content (AvgIpc) is 3.54. The molecule has 13 heteroatoms. The molecule has 1 fully saturated rings. The number of likely N-dealkylation sites (tertiary alicyclic amines) is 1. The number of halogens is 2. The fourth-order valence-corrected chi connectivity index (χ4v) is 5.91. The maximum atomic E-state index is 13.5. The lowest BCUT2D eigenvalue weighted by Crippen LogP contribution is -2.45. The van der Waals surface area contributed by atoms with Crippen molar-refractivity contribution < 1.29 is 14.5 Å². The molecule has 1 aliphatic rings. The lowest BCUT2D eigenvalue weighted by atomic mass is 9.89. The zero-order chi connectivity index (χ0) is 30.1. The summed E-state index contributed by atoms with van der Waals surface area (Å²) in [4.78, 5) is 26.2. The van der Waals surface area contributed by atoms with Crippen molar-refractivity contribution in [2.24, 2.45) is 0 Å². The Morgan fingerprint density at radius 3 is 2.64 bits per heavy atom. The minimum Gasteiger partial charge on any atom is -0.496 e. The standard InChI is InChI=1S/C29H31Cl2N7O4/c1-17-11-20(27-16-35(34-32-27)15-21-12-23(38(40)41)6-8-28(21)42-4)9-10-36(17)29(39)14-24-18(2)33-37(19(24)3)22-5-7-25(30)26(31)13-22/h5-8,12-13,16-17,20H,9-11,14-15H2,1-4H3. The van der Waals surface area contributed by atoms with Gasteiger partial charge in [0.1, 0.15) is 5.75 Å². The van der Waals surface area contributed by atoms with Crippen LogP contribution in [-0.2, 0) is 17.8 Å². The first kappa shape index (κ1) is 29.5. The maximum absolute atomic E-state index is 13.5. The van der Waals surface area contributed by atoms with E-state index in [9.17, 15) is 14.9 Å². The molecule has 1 aliphatic heterocycles. The van der Waals surface area contributed by atoms with Crippen molar-refractivity contribution in [1.29, 1.82) is 0 Å². The summed E-state index contributed by atoms with van der Waals surface area (Å²) >= 11 is 12.3. The number of nitro groups is 1. The zero-order valence-corrected chi connectivity index (χ0v) is 25.3. The monoisotopic (exact) mass is 611 g/mol. The van der Waals surface area contributed by atoms with Crippen LogP contribution in [0, 0.1) is 24.0 Å². The Bertz CT molecular complexity index is 1650. The SMILES string of the molecule is COc1ccc([N+](=O)[O-])cc1Cn1cc(C2CCN(C(=O)Cc3c(C)nn(-c4ccc(Cl)c(Cl)c4)c3C)C(C)C2)nn1. The molecule has 2 atom stereocenters. The number of benzene rings is 2. The first-order valence-electron chi connectivity index (χ1n) is 13.6. The van der Waals surface area contributed by atoms with Crippen LogP contribution in [0.3, 0.4) is 0 Å². The minimum absolute atomic E-state index is 0.0101. The normalized spacial score (nSPS) is 17.0. The van der Waals surface area contributed by atoms with E-state index >= 15 is 0 Å². The molecular weight excluding hydrogens is 581 g/mol. The van der Waals surface area contributed by atoms with Crippen molar-refractivity contribution in [1.82, 2.24) is 29.7 Å². The Morgan fingerprint density at radius 1 is 1.17 bits per heavy atom. The number of piperidine rings is 1. The Labute approximate surface area is 253 Å². The highest BCUT2D eigenvalue weighted by atomic mass is 35.5. The van der Waals surface area contributed by atoms with Crippen LogP contribution in [0.1, 0.15) is 53.9 Å². The van der Waals surface area contributed by atoms with Crippen molar-refractivity contribution >= 4 is 34.8 Å². The number of rotatable bonds is 8. The van der Waals surface area contributed by atoms with E-state index in [4.69, 9.17) is 27.9 Å². The molecule has 42 heavy (non-hydrogen) atoms. The van der Waals surface area contributed by atoms with Gasteiger partial charge >= 0.3 is 0 Å². The number of ether oxygens (including phenoxy) is 1. The number of aryl methyl sites for hydroxylation is 1. The molecule has 2 aromatic heterocycles. The minimum atomic E-state index is -0.434. The van der Waals surface area contributed by atoms with Gasteiger partial charge in [-0.15, -0.1) is 5.10 Å². The fraction of sp³-hybridized carbons (Fsp3) is 0.379. The van der Waals surface area contributed by atoms with Gasteiger partial charge in [0.2, 0.25) is 5.91 Å². The van der Waals surface area contributed by atoms with E-state index in [1.165, 1.54) is 19.2 Å². The molecule has 0 aliphatic carbocycles. The predicted octanol–water partition coefficient (Wildman–Crippen LogP) is 5.69. The van der Waals surface area contributed by atoms with E-state index in [1.54, 1.807) is 27.6 Å². The number of methoxy groups -OCH3 is 1. The molecule has 1 saturated heterocycles. The van der Waals surface area contributed by atoms with Crippen LogP contribution < -0.4 is 4.74 Å². The highest BCUT2D eigenvalue weighted by Gasteiger charge is 2.32. The molecule has 11 nitrogen and oxygen atoms in total. The van der Waals surface area contributed by atoms with Crippen LogP contribution in [-0.4, -0.2) is 60.2 Å². The molecular formula is C29H31Cl2N7O4. The summed E-state index contributed by atoms with van der Waals surface area (Å²) in [6, 6.07) is 9.85. The van der Waals surface area contributed by atoms with Gasteiger partial charge in [0.25, 0.3) is 5.69 Å². The van der Waals surface area contributed by atoms with Crippen LogP contribution in [0.2, 0.25) is 10.0 Å². The molecule has 2 unspecified atom stereocenters. The van der Waals surface area contributed by atoms with Gasteiger partial charge in [-0.2, -0.15) is 5.10 Å². The van der Waals surface area contributed by atoms with E-state index in [2.05, 4.69) is 22.3 Å². The Kier molecular flexibility index (Phi) is 8.51. The number of hydrogen-bond donors (Lipinski definition) is 0. The maximum Gasteiger partial charge on any atom is 0.270 e. The number of aromatic nitrogens is 5. The largest absolute Gasteiger partial charge is 0.496 e. The summed E-state index contributed by atoms with van der Waals surface area (Å²) in [5.74, 6) is 0.749. The summed E-state index contributed by atoms with van der Waals surface area (Å²) in [6.45, 7) is 6.81. The zero-order valence-electron chi connectivity index (χ0n) is 23.8. The fourth-order valence-electron chi connectivity index (χ4n) is 5.62. The summed E-state index contributed by atoms with van der Waals surface area (Å²) in [5, 5.41) is 25.5. The van der Waals surface area contributed by atoms with Gasteiger partial charge < -0.3 is 9.64 Å².